The van der Waals surface area contributed by atoms with Gasteiger partial charge in [-0.2, -0.15) is 0 Å². The molecule has 0 aliphatic heterocycles. The van der Waals surface area contributed by atoms with Gasteiger partial charge < -0.3 is 5.11 Å². The van der Waals surface area contributed by atoms with Gasteiger partial charge in [-0.25, -0.2) is 22.9 Å². The van der Waals surface area contributed by atoms with Gasteiger partial charge >= 0.3 is 5.97 Å². The van der Waals surface area contributed by atoms with E-state index in [4.69, 9.17) is 5.11 Å². The van der Waals surface area contributed by atoms with Crippen LogP contribution in [0, 0.1) is 5.82 Å². The first kappa shape index (κ1) is 11.0. The van der Waals surface area contributed by atoms with Crippen LogP contribution in [0.25, 0.3) is 0 Å². The molecule has 1 heterocycles. The van der Waals surface area contributed by atoms with Gasteiger partial charge in [0.25, 0.3) is 6.43 Å². The molecule has 0 aromatic carbocycles. The maximum absolute atomic E-state index is 12.8. The Kier molecular flexibility index (Phi) is 3.10. The number of alkyl halides is 2. The van der Waals surface area contributed by atoms with Gasteiger partial charge in [-0.15, -0.1) is 0 Å². The highest BCUT2D eigenvalue weighted by Crippen LogP contribution is 2.31. The molecule has 0 radical (unpaired) electrons. The fourth-order valence-corrected chi connectivity index (χ4v) is 1.46. The molecule has 0 atom stereocenters. The Morgan fingerprint density at radius 1 is 1.57 bits per heavy atom. The first-order valence-electron chi connectivity index (χ1n) is 3.30. The quantitative estimate of drug-likeness (QED) is 0.898. The van der Waals surface area contributed by atoms with Gasteiger partial charge in [-0.3, -0.25) is 0 Å². The molecule has 0 spiro atoms. The number of hydrogen-bond donors (Lipinski definition) is 1. The number of pyridine rings is 1. The van der Waals surface area contributed by atoms with Crippen LogP contribution in [0.15, 0.2) is 10.7 Å². The highest BCUT2D eigenvalue weighted by molar-refractivity contribution is 9.10. The van der Waals surface area contributed by atoms with Gasteiger partial charge in [0.2, 0.25) is 0 Å². The van der Waals surface area contributed by atoms with Crippen LogP contribution in [0.2, 0.25) is 0 Å². The number of halogens is 4. The van der Waals surface area contributed by atoms with Crippen LogP contribution >= 0.6 is 15.9 Å². The summed E-state index contributed by atoms with van der Waals surface area (Å²) in [5.41, 5.74) is -1.63. The Labute approximate surface area is 84.7 Å². The van der Waals surface area contributed by atoms with Crippen molar-refractivity contribution in [2.45, 2.75) is 6.43 Å². The smallest absolute Gasteiger partial charge is 0.355 e. The minimum Gasteiger partial charge on any atom is -0.476 e. The maximum Gasteiger partial charge on any atom is 0.355 e. The second kappa shape index (κ2) is 3.95. The lowest BCUT2D eigenvalue weighted by Crippen LogP contribution is -2.06. The Hall–Kier alpha value is -1.11. The van der Waals surface area contributed by atoms with Gasteiger partial charge in [0.1, 0.15) is 0 Å². The van der Waals surface area contributed by atoms with Crippen molar-refractivity contribution in [1.82, 2.24) is 4.98 Å². The van der Waals surface area contributed by atoms with E-state index >= 15 is 0 Å². The van der Waals surface area contributed by atoms with Gasteiger partial charge in [0.05, 0.1) is 16.2 Å². The molecule has 0 unspecified atom stereocenters. The molecule has 7 heteroatoms. The lowest BCUT2D eigenvalue weighted by Gasteiger charge is -2.06. The number of nitrogens with zero attached hydrogens (tertiary/aromatic N) is 1. The van der Waals surface area contributed by atoms with Crippen molar-refractivity contribution in [3.8, 4) is 0 Å². The predicted octanol–water partition coefficient (Wildman–Crippen LogP) is 2.62. The van der Waals surface area contributed by atoms with Gasteiger partial charge in [0, 0.05) is 0 Å². The predicted molar refractivity (Wildman–Crippen MR) is 43.8 cm³/mol. The van der Waals surface area contributed by atoms with Crippen molar-refractivity contribution in [3.05, 3.63) is 27.7 Å². The lowest BCUT2D eigenvalue weighted by molar-refractivity contribution is 0.0688. The molecule has 0 saturated carbocycles. The molecule has 1 aromatic rings. The summed E-state index contributed by atoms with van der Waals surface area (Å²) in [4.78, 5) is 13.6. The number of carbonyl (C=O) groups is 1. The summed E-state index contributed by atoms with van der Waals surface area (Å²) in [5.74, 6) is -2.74. The fraction of sp³-hybridized carbons (Fsp3) is 0.143. The molecule has 0 aliphatic rings. The third-order valence-corrected chi connectivity index (χ3v) is 2.23. The Morgan fingerprint density at radius 3 is 2.57 bits per heavy atom. The standard InChI is InChI=1S/C7H3BrF3NO2/c8-4-3(6(10)11)2(9)1-12-5(4)7(13)14/h1,6H,(H,13,14). The van der Waals surface area contributed by atoms with Crippen LogP contribution in [-0.2, 0) is 0 Å². The first-order chi connectivity index (χ1) is 6.45. The zero-order valence-electron chi connectivity index (χ0n) is 6.47. The van der Waals surface area contributed by atoms with E-state index in [1.807, 2.05) is 0 Å². The molecule has 3 nitrogen and oxygen atoms in total. The van der Waals surface area contributed by atoms with Gasteiger partial charge in [0.15, 0.2) is 11.5 Å². The average molecular weight is 270 g/mol. The molecule has 1 rings (SSSR count). The zero-order valence-corrected chi connectivity index (χ0v) is 8.06. The van der Waals surface area contributed by atoms with E-state index in [1.54, 1.807) is 0 Å². The average Bonchev–Trinajstić information content (AvgIpc) is 2.02. The Morgan fingerprint density at radius 2 is 2.14 bits per heavy atom. The molecule has 76 valence electrons. The number of carboxylic acid groups (broad SMARTS) is 1. The monoisotopic (exact) mass is 269 g/mol. The molecule has 0 amide bonds. The third-order valence-electron chi connectivity index (χ3n) is 1.43. The number of hydrogen-bond acceptors (Lipinski definition) is 2. The van der Waals surface area contributed by atoms with Crippen LogP contribution < -0.4 is 0 Å². The van der Waals surface area contributed by atoms with Crippen LogP contribution in [0.3, 0.4) is 0 Å². The summed E-state index contributed by atoms with van der Waals surface area (Å²) < 4.78 is 36.7. The normalized spacial score (nSPS) is 10.6. The Bertz CT molecular complexity index is 383. The molecule has 0 fully saturated rings. The molecule has 0 bridgehead atoms. The summed E-state index contributed by atoms with van der Waals surface area (Å²) in [5, 5.41) is 8.50. The van der Waals surface area contributed by atoms with E-state index < -0.39 is 33.9 Å². The van der Waals surface area contributed by atoms with E-state index in [1.165, 1.54) is 0 Å². The number of carboxylic acids is 1. The largest absolute Gasteiger partial charge is 0.476 e. The highest BCUT2D eigenvalue weighted by atomic mass is 79.9. The summed E-state index contributed by atoms with van der Waals surface area (Å²) >= 11 is 2.57. The minimum absolute atomic E-state index is 0.454. The summed E-state index contributed by atoms with van der Waals surface area (Å²) in [6.07, 6.45) is -2.64. The second-order valence-corrected chi connectivity index (χ2v) is 3.08. The van der Waals surface area contributed by atoms with E-state index in [0.29, 0.717) is 6.20 Å². The second-order valence-electron chi connectivity index (χ2n) is 2.29. The van der Waals surface area contributed by atoms with E-state index in [0.717, 1.165) is 0 Å². The number of aromatic nitrogens is 1. The molecule has 0 aliphatic carbocycles. The minimum atomic E-state index is -3.09. The molecular weight excluding hydrogens is 267 g/mol. The summed E-state index contributed by atoms with van der Waals surface area (Å²) in [6, 6.07) is 0. The fourth-order valence-electron chi connectivity index (χ4n) is 0.829. The molecule has 0 saturated heterocycles. The highest BCUT2D eigenvalue weighted by Gasteiger charge is 2.23. The van der Waals surface area contributed by atoms with Crippen molar-refractivity contribution in [2.75, 3.05) is 0 Å². The van der Waals surface area contributed by atoms with Crippen LogP contribution in [0.1, 0.15) is 22.5 Å². The van der Waals surface area contributed by atoms with Crippen LogP contribution in [0.5, 0.6) is 0 Å². The van der Waals surface area contributed by atoms with Gasteiger partial charge in [-0.1, -0.05) is 0 Å². The van der Waals surface area contributed by atoms with Crippen LogP contribution in [-0.4, -0.2) is 16.1 Å². The van der Waals surface area contributed by atoms with Crippen molar-refractivity contribution in [1.29, 1.82) is 0 Å². The lowest BCUT2D eigenvalue weighted by atomic mass is 10.2. The SMILES string of the molecule is O=C(O)c1ncc(F)c(C(F)F)c1Br. The molecule has 1 aromatic heterocycles. The molecule has 14 heavy (non-hydrogen) atoms. The first-order valence-corrected chi connectivity index (χ1v) is 4.09. The van der Waals surface area contributed by atoms with E-state index in [9.17, 15) is 18.0 Å². The number of rotatable bonds is 2. The maximum atomic E-state index is 12.8. The third kappa shape index (κ3) is 1.87. The van der Waals surface area contributed by atoms with E-state index in [-0.39, 0.29) is 0 Å². The van der Waals surface area contributed by atoms with Crippen molar-refractivity contribution in [3.63, 3.8) is 0 Å². The van der Waals surface area contributed by atoms with Gasteiger partial charge in [-0.05, 0) is 15.9 Å². The van der Waals surface area contributed by atoms with Crippen molar-refractivity contribution < 1.29 is 23.1 Å². The summed E-state index contributed by atoms with van der Waals surface area (Å²) in [7, 11) is 0. The van der Waals surface area contributed by atoms with E-state index in [2.05, 4.69) is 20.9 Å². The van der Waals surface area contributed by atoms with Crippen LogP contribution in [0.4, 0.5) is 13.2 Å². The topological polar surface area (TPSA) is 50.2 Å². The number of aromatic carboxylic acids is 1. The van der Waals surface area contributed by atoms with Crippen molar-refractivity contribution >= 4 is 21.9 Å². The molecule has 1 N–H and O–H groups in total. The summed E-state index contributed by atoms with van der Waals surface area (Å²) in [6.45, 7) is 0. The molecular formula is C7H3BrF3NO2. The zero-order chi connectivity index (χ0) is 10.9. The Balaban J connectivity index is 3.41. The van der Waals surface area contributed by atoms with Crippen molar-refractivity contribution in [2.24, 2.45) is 0 Å².